The zero-order valence-corrected chi connectivity index (χ0v) is 8.73. The van der Waals surface area contributed by atoms with E-state index < -0.39 is 12.5 Å². The molecular formula is C11H10NO4-. The first kappa shape index (κ1) is 10.5. The molecule has 0 N–H and O–H groups in total. The Morgan fingerprint density at radius 1 is 1.56 bits per heavy atom. The second kappa shape index (κ2) is 3.84. The van der Waals surface area contributed by atoms with Crippen LogP contribution in [-0.4, -0.2) is 25.0 Å². The molecule has 0 fully saturated rings. The summed E-state index contributed by atoms with van der Waals surface area (Å²) in [6.07, 6.45) is 0. The molecule has 1 amide bonds. The van der Waals surface area contributed by atoms with Crippen LogP contribution in [0.3, 0.4) is 0 Å². The number of benzene rings is 1. The van der Waals surface area contributed by atoms with Crippen molar-refractivity contribution < 1.29 is 19.4 Å². The summed E-state index contributed by atoms with van der Waals surface area (Å²) in [6, 6.07) is 5.28. The van der Waals surface area contributed by atoms with E-state index in [1.807, 2.05) is 13.0 Å². The highest BCUT2D eigenvalue weighted by Gasteiger charge is 2.25. The Balaban J connectivity index is 2.42. The third-order valence-electron chi connectivity index (χ3n) is 2.34. The molecule has 2 rings (SSSR count). The number of aryl methyl sites for hydroxylation is 1. The first-order chi connectivity index (χ1) is 7.58. The summed E-state index contributed by atoms with van der Waals surface area (Å²) in [4.78, 5) is 23.2. The minimum Gasteiger partial charge on any atom is -0.548 e. The number of anilines is 1. The average Bonchev–Trinajstić information content (AvgIpc) is 2.22. The number of rotatable bonds is 2. The first-order valence-electron chi connectivity index (χ1n) is 4.81. The summed E-state index contributed by atoms with van der Waals surface area (Å²) in [6.45, 7) is 1.28. The minimum absolute atomic E-state index is 0.136. The van der Waals surface area contributed by atoms with Gasteiger partial charge in [-0.15, -0.1) is 0 Å². The van der Waals surface area contributed by atoms with Gasteiger partial charge in [0.2, 0.25) is 0 Å². The highest BCUT2D eigenvalue weighted by Crippen LogP contribution is 2.32. The molecule has 5 nitrogen and oxygen atoms in total. The molecule has 1 aromatic rings. The molecule has 84 valence electrons. The van der Waals surface area contributed by atoms with Crippen molar-refractivity contribution in [3.8, 4) is 5.75 Å². The summed E-state index contributed by atoms with van der Waals surface area (Å²) >= 11 is 0. The fraction of sp³-hybridized carbons (Fsp3) is 0.273. The maximum Gasteiger partial charge on any atom is 0.265 e. The third-order valence-corrected chi connectivity index (χ3v) is 2.34. The first-order valence-corrected chi connectivity index (χ1v) is 4.81. The predicted octanol–water partition coefficient (Wildman–Crippen LogP) is -0.530. The number of carbonyl (C=O) groups is 2. The normalized spacial score (nSPS) is 14.3. The molecule has 0 saturated heterocycles. The van der Waals surface area contributed by atoms with E-state index in [4.69, 9.17) is 4.74 Å². The van der Waals surface area contributed by atoms with E-state index >= 15 is 0 Å². The van der Waals surface area contributed by atoms with Crippen molar-refractivity contribution >= 4 is 17.6 Å². The zero-order chi connectivity index (χ0) is 11.7. The van der Waals surface area contributed by atoms with E-state index in [0.29, 0.717) is 11.4 Å². The number of ether oxygens (including phenoxy) is 1. The highest BCUT2D eigenvalue weighted by molar-refractivity contribution is 6.00. The molecule has 1 aliphatic rings. The van der Waals surface area contributed by atoms with E-state index in [2.05, 4.69) is 0 Å². The fourth-order valence-corrected chi connectivity index (χ4v) is 1.61. The molecule has 1 aromatic carbocycles. The molecule has 1 heterocycles. The van der Waals surface area contributed by atoms with Crippen LogP contribution in [0.25, 0.3) is 0 Å². The Kier molecular flexibility index (Phi) is 2.52. The average molecular weight is 220 g/mol. The van der Waals surface area contributed by atoms with Gasteiger partial charge in [0.15, 0.2) is 6.61 Å². The van der Waals surface area contributed by atoms with E-state index in [1.165, 1.54) is 4.90 Å². The Morgan fingerprint density at radius 2 is 2.31 bits per heavy atom. The van der Waals surface area contributed by atoms with Gasteiger partial charge in [0.1, 0.15) is 5.75 Å². The summed E-state index contributed by atoms with van der Waals surface area (Å²) in [5.41, 5.74) is 1.42. The molecule has 0 spiro atoms. The summed E-state index contributed by atoms with van der Waals surface area (Å²) in [7, 11) is 0. The van der Waals surface area contributed by atoms with Gasteiger partial charge in [0.25, 0.3) is 5.91 Å². The SMILES string of the molecule is Cc1ccc2c(c1)N(CC(=O)[O-])C(=O)CO2. The van der Waals surface area contributed by atoms with Crippen LogP contribution >= 0.6 is 0 Å². The number of aliphatic carboxylic acids is 1. The van der Waals surface area contributed by atoms with Crippen LogP contribution in [0, 0.1) is 6.92 Å². The topological polar surface area (TPSA) is 69.7 Å². The lowest BCUT2D eigenvalue weighted by atomic mass is 10.1. The van der Waals surface area contributed by atoms with Gasteiger partial charge in [-0.1, -0.05) is 6.07 Å². The van der Waals surface area contributed by atoms with Gasteiger partial charge in [0.05, 0.1) is 18.2 Å². The van der Waals surface area contributed by atoms with Gasteiger partial charge in [-0.2, -0.15) is 0 Å². The smallest absolute Gasteiger partial charge is 0.265 e. The van der Waals surface area contributed by atoms with Gasteiger partial charge in [-0.3, -0.25) is 4.79 Å². The fourth-order valence-electron chi connectivity index (χ4n) is 1.61. The molecule has 1 aliphatic heterocycles. The molecule has 16 heavy (non-hydrogen) atoms. The monoisotopic (exact) mass is 220 g/mol. The second-order valence-corrected chi connectivity index (χ2v) is 3.61. The van der Waals surface area contributed by atoms with Crippen LogP contribution in [0.5, 0.6) is 5.75 Å². The van der Waals surface area contributed by atoms with Crippen molar-refractivity contribution in [2.45, 2.75) is 6.92 Å². The molecule has 0 unspecified atom stereocenters. The van der Waals surface area contributed by atoms with E-state index in [1.54, 1.807) is 12.1 Å². The van der Waals surface area contributed by atoms with Gasteiger partial charge in [-0.05, 0) is 24.6 Å². The molecule has 0 aromatic heterocycles. The van der Waals surface area contributed by atoms with E-state index in [9.17, 15) is 14.7 Å². The summed E-state index contributed by atoms with van der Waals surface area (Å²) in [5.74, 6) is -1.14. The second-order valence-electron chi connectivity index (χ2n) is 3.61. The van der Waals surface area contributed by atoms with Crippen molar-refractivity contribution in [1.29, 1.82) is 0 Å². The van der Waals surface area contributed by atoms with Crippen LogP contribution in [0.2, 0.25) is 0 Å². The van der Waals surface area contributed by atoms with Crippen LogP contribution in [0.15, 0.2) is 18.2 Å². The number of hydrogen-bond donors (Lipinski definition) is 0. The lowest BCUT2D eigenvalue weighted by Gasteiger charge is -2.29. The van der Waals surface area contributed by atoms with Crippen molar-refractivity contribution in [2.24, 2.45) is 0 Å². The quantitative estimate of drug-likeness (QED) is 0.671. The molecule has 0 atom stereocenters. The van der Waals surface area contributed by atoms with Gasteiger partial charge < -0.3 is 19.5 Å². The van der Waals surface area contributed by atoms with Crippen LogP contribution in [-0.2, 0) is 9.59 Å². The number of amides is 1. The largest absolute Gasteiger partial charge is 0.548 e. The van der Waals surface area contributed by atoms with Crippen LogP contribution < -0.4 is 14.7 Å². The Morgan fingerprint density at radius 3 is 3.00 bits per heavy atom. The van der Waals surface area contributed by atoms with Crippen LogP contribution in [0.1, 0.15) is 5.56 Å². The van der Waals surface area contributed by atoms with E-state index in [0.717, 1.165) is 5.56 Å². The van der Waals surface area contributed by atoms with Crippen molar-refractivity contribution in [3.05, 3.63) is 23.8 Å². The highest BCUT2D eigenvalue weighted by atomic mass is 16.5. The molecule has 0 saturated carbocycles. The molecule has 0 bridgehead atoms. The van der Waals surface area contributed by atoms with Gasteiger partial charge in [0, 0.05) is 0 Å². The maximum absolute atomic E-state index is 11.5. The number of carboxylic acid groups (broad SMARTS) is 1. The molecule has 0 radical (unpaired) electrons. The Bertz CT molecular complexity index is 455. The lowest BCUT2D eigenvalue weighted by Crippen LogP contribution is -2.45. The lowest BCUT2D eigenvalue weighted by molar-refractivity contribution is -0.303. The standard InChI is InChI=1S/C11H11NO4/c1-7-2-3-9-8(4-7)12(5-11(14)15)10(13)6-16-9/h2-4H,5-6H2,1H3,(H,14,15)/p-1. The van der Waals surface area contributed by atoms with Crippen molar-refractivity contribution in [3.63, 3.8) is 0 Å². The van der Waals surface area contributed by atoms with E-state index in [-0.39, 0.29) is 12.5 Å². The predicted molar refractivity (Wildman–Crippen MR) is 54.0 cm³/mol. The zero-order valence-electron chi connectivity index (χ0n) is 8.73. The third kappa shape index (κ3) is 1.84. The maximum atomic E-state index is 11.5. The number of carboxylic acids is 1. The number of carbonyl (C=O) groups excluding carboxylic acids is 2. The van der Waals surface area contributed by atoms with Gasteiger partial charge >= 0.3 is 0 Å². The van der Waals surface area contributed by atoms with Crippen molar-refractivity contribution in [2.75, 3.05) is 18.1 Å². The Hall–Kier alpha value is -2.04. The number of fused-ring (bicyclic) bond motifs is 1. The Labute approximate surface area is 92.2 Å². The van der Waals surface area contributed by atoms with Crippen molar-refractivity contribution in [1.82, 2.24) is 0 Å². The summed E-state index contributed by atoms with van der Waals surface area (Å²) < 4.78 is 5.20. The molecular weight excluding hydrogens is 210 g/mol. The minimum atomic E-state index is -1.29. The number of hydrogen-bond acceptors (Lipinski definition) is 4. The van der Waals surface area contributed by atoms with Crippen LogP contribution in [0.4, 0.5) is 5.69 Å². The molecule has 0 aliphatic carbocycles. The van der Waals surface area contributed by atoms with Gasteiger partial charge in [-0.25, -0.2) is 0 Å². The molecule has 5 heteroatoms. The summed E-state index contributed by atoms with van der Waals surface area (Å²) in [5, 5.41) is 10.6. The number of nitrogens with zero attached hydrogens (tertiary/aromatic N) is 1.